The molecule has 0 saturated carbocycles. The Morgan fingerprint density at radius 2 is 1.83 bits per heavy atom. The molecule has 23 heavy (non-hydrogen) atoms. The van der Waals surface area contributed by atoms with Gasteiger partial charge in [0.05, 0.1) is 5.69 Å². The summed E-state index contributed by atoms with van der Waals surface area (Å²) in [7, 11) is 0. The van der Waals surface area contributed by atoms with Crippen LogP contribution in [0.25, 0.3) is 5.69 Å². The zero-order valence-electron chi connectivity index (χ0n) is 11.9. The van der Waals surface area contributed by atoms with E-state index in [1.165, 1.54) is 0 Å². The highest BCUT2D eigenvalue weighted by Gasteiger charge is 2.15. The number of halogens is 1. The van der Waals surface area contributed by atoms with Gasteiger partial charge in [0.2, 0.25) is 5.82 Å². The first-order chi connectivity index (χ1) is 11.1. The van der Waals surface area contributed by atoms with Gasteiger partial charge in [-0.05, 0) is 29.8 Å². The minimum absolute atomic E-state index is 0.107. The normalized spacial score (nSPS) is 10.5. The number of nitrogens with zero attached hydrogens (tertiary/aromatic N) is 2. The number of esters is 1. The van der Waals surface area contributed by atoms with Crippen LogP contribution in [0.2, 0.25) is 5.02 Å². The lowest BCUT2D eigenvalue weighted by molar-refractivity contribution is 0.0458. The number of aromatic amines is 1. The molecule has 116 valence electrons. The van der Waals surface area contributed by atoms with Crippen LogP contribution in [0.1, 0.15) is 16.2 Å². The van der Waals surface area contributed by atoms with E-state index in [0.29, 0.717) is 10.7 Å². The van der Waals surface area contributed by atoms with Crippen molar-refractivity contribution in [3.05, 3.63) is 81.5 Å². The number of carbonyl (C=O) groups excluding carboxylic acids is 1. The molecule has 0 aliphatic heterocycles. The molecule has 1 aromatic heterocycles. The van der Waals surface area contributed by atoms with Crippen molar-refractivity contribution in [3.63, 3.8) is 0 Å². The average molecular weight is 330 g/mol. The molecule has 0 fully saturated rings. The van der Waals surface area contributed by atoms with E-state index in [1.807, 2.05) is 30.3 Å². The number of benzene rings is 2. The summed E-state index contributed by atoms with van der Waals surface area (Å²) in [5, 5.41) is 4.49. The van der Waals surface area contributed by atoms with E-state index in [-0.39, 0.29) is 12.4 Å². The molecule has 0 aliphatic carbocycles. The Bertz CT molecular complexity index is 870. The molecular weight excluding hydrogens is 318 g/mol. The maximum atomic E-state index is 12.0. The van der Waals surface area contributed by atoms with Gasteiger partial charge < -0.3 is 4.74 Å². The second-order valence-corrected chi connectivity index (χ2v) is 5.17. The maximum absolute atomic E-state index is 12.0. The van der Waals surface area contributed by atoms with E-state index in [0.717, 1.165) is 10.2 Å². The predicted octanol–water partition coefficient (Wildman–Crippen LogP) is 2.57. The summed E-state index contributed by atoms with van der Waals surface area (Å²) in [6, 6.07) is 15.8. The fraction of sp³-hybridized carbons (Fsp3) is 0.0625. The summed E-state index contributed by atoms with van der Waals surface area (Å²) in [6.07, 6.45) is 0. The van der Waals surface area contributed by atoms with Crippen LogP contribution in [0.15, 0.2) is 59.4 Å². The van der Waals surface area contributed by atoms with Crippen molar-refractivity contribution in [1.82, 2.24) is 14.8 Å². The highest BCUT2D eigenvalue weighted by molar-refractivity contribution is 6.30. The number of hydrogen-bond donors (Lipinski definition) is 1. The molecule has 0 radical (unpaired) electrons. The van der Waals surface area contributed by atoms with Gasteiger partial charge in [-0.3, -0.25) is 4.98 Å². The molecule has 1 heterocycles. The van der Waals surface area contributed by atoms with Gasteiger partial charge in [0.1, 0.15) is 6.61 Å². The molecule has 0 atom stereocenters. The fourth-order valence-corrected chi connectivity index (χ4v) is 2.09. The first kappa shape index (κ1) is 15.1. The Hall–Kier alpha value is -2.86. The van der Waals surface area contributed by atoms with Gasteiger partial charge in [-0.1, -0.05) is 41.9 Å². The SMILES string of the molecule is O=C(OCc1ccccc1)c1nn(-c2ccc(Cl)cc2)c(=O)[nH]1. The molecule has 1 N–H and O–H groups in total. The maximum Gasteiger partial charge on any atom is 0.376 e. The van der Waals surface area contributed by atoms with Crippen molar-refractivity contribution in [2.75, 3.05) is 0 Å². The smallest absolute Gasteiger partial charge is 0.376 e. The summed E-state index contributed by atoms with van der Waals surface area (Å²) < 4.78 is 6.21. The predicted molar refractivity (Wildman–Crippen MR) is 84.8 cm³/mol. The monoisotopic (exact) mass is 329 g/mol. The third-order valence-corrected chi connectivity index (χ3v) is 3.35. The first-order valence-electron chi connectivity index (χ1n) is 6.80. The van der Waals surface area contributed by atoms with Gasteiger partial charge in [-0.25, -0.2) is 9.59 Å². The Kier molecular flexibility index (Phi) is 4.25. The number of ether oxygens (including phenoxy) is 1. The molecule has 0 unspecified atom stereocenters. The molecule has 0 spiro atoms. The summed E-state index contributed by atoms with van der Waals surface area (Å²) >= 11 is 5.80. The van der Waals surface area contributed by atoms with Crippen molar-refractivity contribution >= 4 is 17.6 Å². The molecule has 7 heteroatoms. The minimum atomic E-state index is -0.696. The lowest BCUT2D eigenvalue weighted by Crippen LogP contribution is -2.15. The van der Waals surface area contributed by atoms with Crippen LogP contribution < -0.4 is 5.69 Å². The van der Waals surface area contributed by atoms with Gasteiger partial charge in [-0.2, -0.15) is 4.68 Å². The van der Waals surface area contributed by atoms with Crippen LogP contribution in [0.5, 0.6) is 0 Å². The number of hydrogen-bond acceptors (Lipinski definition) is 4. The van der Waals surface area contributed by atoms with Crippen molar-refractivity contribution in [2.24, 2.45) is 0 Å². The molecule has 0 saturated heterocycles. The van der Waals surface area contributed by atoms with Crippen molar-refractivity contribution in [2.45, 2.75) is 6.61 Å². The highest BCUT2D eigenvalue weighted by Crippen LogP contribution is 2.11. The standard InChI is InChI=1S/C16H12ClN3O3/c17-12-6-8-13(9-7-12)20-16(22)18-14(19-20)15(21)23-10-11-4-2-1-3-5-11/h1-9H,10H2,(H,18,19,22). The van der Waals surface area contributed by atoms with Crippen LogP contribution in [0.3, 0.4) is 0 Å². The summed E-state index contributed by atoms with van der Waals surface area (Å²) in [6.45, 7) is 0.107. The second-order valence-electron chi connectivity index (χ2n) is 4.73. The molecule has 3 aromatic rings. The number of aromatic nitrogens is 3. The Labute approximate surface area is 136 Å². The zero-order chi connectivity index (χ0) is 16.2. The molecule has 0 amide bonds. The number of nitrogens with one attached hydrogen (secondary N) is 1. The quantitative estimate of drug-likeness (QED) is 0.746. The summed E-state index contributed by atoms with van der Waals surface area (Å²) in [5.41, 5.74) is 0.817. The molecule has 0 bridgehead atoms. The Balaban J connectivity index is 1.76. The summed E-state index contributed by atoms with van der Waals surface area (Å²) in [4.78, 5) is 26.3. The number of rotatable bonds is 4. The first-order valence-corrected chi connectivity index (χ1v) is 7.17. The highest BCUT2D eigenvalue weighted by atomic mass is 35.5. The molecular formula is C16H12ClN3O3. The van der Waals surface area contributed by atoms with E-state index in [1.54, 1.807) is 24.3 Å². The second kappa shape index (κ2) is 6.50. The number of H-pyrrole nitrogens is 1. The van der Waals surface area contributed by atoms with Gasteiger partial charge >= 0.3 is 11.7 Å². The van der Waals surface area contributed by atoms with Gasteiger partial charge in [-0.15, -0.1) is 5.10 Å². The number of carbonyl (C=O) groups is 1. The van der Waals surface area contributed by atoms with E-state index >= 15 is 0 Å². The van der Waals surface area contributed by atoms with E-state index in [2.05, 4.69) is 10.1 Å². The average Bonchev–Trinajstić information content (AvgIpc) is 2.96. The van der Waals surface area contributed by atoms with Crippen LogP contribution >= 0.6 is 11.6 Å². The molecule has 0 aliphatic rings. The van der Waals surface area contributed by atoms with Crippen molar-refractivity contribution < 1.29 is 9.53 Å². The van der Waals surface area contributed by atoms with Crippen LogP contribution in [-0.4, -0.2) is 20.7 Å². The van der Waals surface area contributed by atoms with E-state index < -0.39 is 11.7 Å². The van der Waals surface area contributed by atoms with Crippen molar-refractivity contribution in [1.29, 1.82) is 0 Å². The van der Waals surface area contributed by atoms with Crippen molar-refractivity contribution in [3.8, 4) is 5.69 Å². The molecule has 2 aromatic carbocycles. The zero-order valence-corrected chi connectivity index (χ0v) is 12.7. The largest absolute Gasteiger partial charge is 0.455 e. The molecule has 6 nitrogen and oxygen atoms in total. The van der Waals surface area contributed by atoms with Crippen LogP contribution in [-0.2, 0) is 11.3 Å². The van der Waals surface area contributed by atoms with Gasteiger partial charge in [0.25, 0.3) is 0 Å². The summed E-state index contributed by atoms with van der Waals surface area (Å²) in [5.74, 6) is -0.848. The van der Waals surface area contributed by atoms with Crippen LogP contribution in [0, 0.1) is 0 Å². The Morgan fingerprint density at radius 1 is 1.13 bits per heavy atom. The Morgan fingerprint density at radius 3 is 2.52 bits per heavy atom. The van der Waals surface area contributed by atoms with Gasteiger partial charge in [0, 0.05) is 5.02 Å². The topological polar surface area (TPSA) is 77.0 Å². The van der Waals surface area contributed by atoms with Crippen LogP contribution in [0.4, 0.5) is 0 Å². The lowest BCUT2D eigenvalue weighted by Gasteiger charge is -2.02. The lowest BCUT2D eigenvalue weighted by atomic mass is 10.2. The molecule has 3 rings (SSSR count). The third kappa shape index (κ3) is 3.49. The van der Waals surface area contributed by atoms with Gasteiger partial charge in [0.15, 0.2) is 0 Å². The van der Waals surface area contributed by atoms with E-state index in [9.17, 15) is 9.59 Å². The fourth-order valence-electron chi connectivity index (χ4n) is 1.97. The van der Waals surface area contributed by atoms with E-state index in [4.69, 9.17) is 16.3 Å². The minimum Gasteiger partial charge on any atom is -0.455 e. The third-order valence-electron chi connectivity index (χ3n) is 3.10.